The molecule has 1 N–H and O–H groups in total. The number of halogens is 8. The molecule has 4 atom stereocenters. The Morgan fingerprint density at radius 2 is 1.42 bits per heavy atom. The second-order valence-electron chi connectivity index (χ2n) is 11.6. The van der Waals surface area contributed by atoms with Crippen LogP contribution in [0.3, 0.4) is 0 Å². The van der Waals surface area contributed by atoms with Crippen LogP contribution in [0, 0.1) is 32.8 Å². The zero-order valence-electron chi connectivity index (χ0n) is 22.5. The summed E-state index contributed by atoms with van der Waals surface area (Å²) in [6.45, 7) is -1.89. The normalized spacial score (nSPS) is 27.3. The summed E-state index contributed by atoms with van der Waals surface area (Å²) in [4.78, 5) is 41.1. The van der Waals surface area contributed by atoms with Crippen molar-refractivity contribution in [2.75, 3.05) is 6.61 Å². The first-order chi connectivity index (χ1) is 20.7. The van der Waals surface area contributed by atoms with Gasteiger partial charge in [-0.1, -0.05) is 0 Å². The second kappa shape index (κ2) is 13.3. The van der Waals surface area contributed by atoms with Crippen LogP contribution in [-0.2, 0) is 29.1 Å². The van der Waals surface area contributed by atoms with Crippen LogP contribution in [0.25, 0.3) is 0 Å². The predicted molar refractivity (Wildman–Crippen MR) is 207 cm³/mol. The average Bonchev–Trinajstić information content (AvgIpc) is 2.89. The summed E-state index contributed by atoms with van der Waals surface area (Å²) >= 11 is 12.5. The van der Waals surface area contributed by atoms with Crippen molar-refractivity contribution >= 4 is 164 Å². The Balaban J connectivity index is 1.53. The Labute approximate surface area is 338 Å². The first-order valence-electron chi connectivity index (χ1n) is 13.0. The molecule has 0 saturated heterocycles. The summed E-state index contributed by atoms with van der Waals surface area (Å²) in [6.07, 6.45) is 0.785. The topological polar surface area (TPSA) is 133 Å². The van der Waals surface area contributed by atoms with Gasteiger partial charge in [-0.15, -0.1) is 0 Å². The molecule has 4 bridgehead atoms. The van der Waals surface area contributed by atoms with Crippen LogP contribution in [0.2, 0.25) is 0 Å². The van der Waals surface area contributed by atoms with Crippen molar-refractivity contribution in [3.63, 3.8) is 0 Å². The monoisotopic (exact) mass is 1320 g/mol. The molecule has 2 aromatic rings. The minimum atomic E-state index is -5.85. The highest BCUT2D eigenvalue weighted by Gasteiger charge is 2.70. The van der Waals surface area contributed by atoms with Crippen molar-refractivity contribution in [2.24, 2.45) is 11.3 Å². The molecule has 2 aromatic carbocycles. The average molecular weight is 1320 g/mol. The van der Waals surface area contributed by atoms with Crippen LogP contribution in [0.5, 0.6) is 0 Å². The quantitative estimate of drug-likeness (QED) is 0.0925. The van der Waals surface area contributed by atoms with E-state index in [1.807, 2.05) is 34.7 Å². The number of carbonyl (C=O) groups is 3. The Morgan fingerprint density at radius 3 is 2.02 bits per heavy atom. The van der Waals surface area contributed by atoms with Gasteiger partial charge in [-0.05, 0) is 185 Å². The van der Waals surface area contributed by atoms with Crippen LogP contribution >= 0.6 is 136 Å². The van der Waals surface area contributed by atoms with Crippen LogP contribution in [0.1, 0.15) is 59.2 Å². The number of esters is 3. The molecule has 4 aliphatic rings. The lowest BCUT2D eigenvalue weighted by Gasteiger charge is -2.63. The van der Waals surface area contributed by atoms with E-state index in [9.17, 15) is 31.6 Å². The van der Waals surface area contributed by atoms with E-state index in [2.05, 4.69) is 113 Å². The van der Waals surface area contributed by atoms with Gasteiger partial charge in [-0.25, -0.2) is 9.59 Å². The van der Waals surface area contributed by atoms with E-state index in [1.54, 1.807) is 12.1 Å². The summed E-state index contributed by atoms with van der Waals surface area (Å²) in [5, 5.41) is -4.73. The Kier molecular flexibility index (Phi) is 11.0. The molecular weight excluding hydrogens is 1300 g/mol. The first-order valence-corrected chi connectivity index (χ1v) is 20.9. The number of hydrogen-bond acceptors (Lipinski definition) is 8. The van der Waals surface area contributed by atoms with Gasteiger partial charge in [0.15, 0.2) is 6.61 Å². The maximum atomic E-state index is 14.1. The summed E-state index contributed by atoms with van der Waals surface area (Å²) in [5.41, 5.74) is -3.46. The van der Waals surface area contributed by atoms with Gasteiger partial charge < -0.3 is 14.2 Å². The smallest absolute Gasteiger partial charge is 0.402 e. The number of hydrogen-bond donors (Lipinski definition) is 1. The molecule has 18 heteroatoms. The van der Waals surface area contributed by atoms with E-state index in [0.717, 1.165) is 10.7 Å². The van der Waals surface area contributed by atoms with Crippen LogP contribution < -0.4 is 0 Å². The van der Waals surface area contributed by atoms with E-state index in [4.69, 9.17) is 18.8 Å². The number of ether oxygens (including phenoxy) is 3. The fraction of sp³-hybridized carbons (Fsp3) is 0.444. The molecule has 4 fully saturated rings. The van der Waals surface area contributed by atoms with E-state index < -0.39 is 56.5 Å². The first kappa shape index (κ1) is 37.3. The van der Waals surface area contributed by atoms with Crippen molar-refractivity contribution < 1.29 is 50.3 Å². The van der Waals surface area contributed by atoms with Gasteiger partial charge in [0.2, 0.25) is 0 Å². The van der Waals surface area contributed by atoms with Crippen LogP contribution in [-0.4, -0.2) is 53.9 Å². The van der Waals surface area contributed by atoms with Gasteiger partial charge in [-0.2, -0.15) is 17.2 Å². The Hall–Kier alpha value is 1.000. The summed E-state index contributed by atoms with van der Waals surface area (Å²) in [6, 6.07) is 7.23. The maximum absolute atomic E-state index is 14.1. The Morgan fingerprint density at radius 1 is 0.844 bits per heavy atom. The van der Waals surface area contributed by atoms with E-state index >= 15 is 0 Å². The summed E-state index contributed by atoms with van der Waals surface area (Å²) in [5.74, 6) is -2.70. The van der Waals surface area contributed by atoms with Crippen molar-refractivity contribution in [1.82, 2.24) is 0 Å². The molecule has 0 aromatic heterocycles. The van der Waals surface area contributed by atoms with Crippen molar-refractivity contribution in [3.05, 3.63) is 56.8 Å². The minimum Gasteiger partial charge on any atom is -0.458 e. The third kappa shape index (κ3) is 7.41. The maximum Gasteiger partial charge on any atom is 0.402 e. The van der Waals surface area contributed by atoms with Gasteiger partial charge in [0.25, 0.3) is 0 Å². The third-order valence-corrected chi connectivity index (χ3v) is 16.7. The van der Waals surface area contributed by atoms with Gasteiger partial charge in [0.05, 0.1) is 16.5 Å². The fourth-order valence-corrected chi connectivity index (χ4v) is 11.9. The molecule has 244 valence electrons. The Bertz CT molecular complexity index is 1740. The highest BCUT2D eigenvalue weighted by molar-refractivity contribution is 14.1. The number of benzene rings is 2. The van der Waals surface area contributed by atoms with Gasteiger partial charge in [-0.3, -0.25) is 9.35 Å². The zero-order valence-corrected chi connectivity index (χ0v) is 36.2. The molecule has 6 rings (SSSR count). The molecule has 4 aliphatic carbocycles. The molecule has 9 nitrogen and oxygen atoms in total. The zero-order chi connectivity index (χ0) is 33.3. The lowest BCUT2D eigenvalue weighted by molar-refractivity contribution is -0.238. The summed E-state index contributed by atoms with van der Waals surface area (Å²) < 4.78 is 81.3. The van der Waals surface area contributed by atoms with Crippen molar-refractivity contribution in [2.45, 2.75) is 55.0 Å². The number of rotatable bonds is 8. The summed E-state index contributed by atoms with van der Waals surface area (Å²) in [7, 11) is -5.85. The van der Waals surface area contributed by atoms with E-state index in [1.165, 1.54) is 0 Å². The fourth-order valence-electron chi connectivity index (χ4n) is 7.01. The molecule has 4 saturated carbocycles. The highest BCUT2D eigenvalue weighted by atomic mass is 127. The van der Waals surface area contributed by atoms with Gasteiger partial charge in [0.1, 0.15) is 11.2 Å². The molecule has 45 heavy (non-hydrogen) atoms. The predicted octanol–water partition coefficient (Wildman–Crippen LogP) is 7.81. The largest absolute Gasteiger partial charge is 0.458 e. The standard InChI is InChI=1S/C27H20F2I6O9S/c28-27(29,45(39,40)41)11-42-23(38)24-5-12-6-25(8-24,43-21(36)14-3-13(30)4-17(33)19(14)34)10-26(7-12,9-24)44-22(37)18-15(31)1-2-16(32)20(18)35/h1-4,12H,5-11H2,(H,39,40,41). The lowest BCUT2D eigenvalue weighted by atomic mass is 9.46. The number of alkyl halides is 2. The molecule has 0 radical (unpaired) electrons. The minimum absolute atomic E-state index is 0.0822. The van der Waals surface area contributed by atoms with Gasteiger partial charge >= 0.3 is 33.3 Å². The third-order valence-electron chi connectivity index (χ3n) is 8.23. The molecular formula is C27H20F2I6O9S. The van der Waals surface area contributed by atoms with Gasteiger partial charge in [0, 0.05) is 40.7 Å². The van der Waals surface area contributed by atoms with E-state index in [-0.39, 0.29) is 31.6 Å². The second-order valence-corrected chi connectivity index (χ2v) is 20.0. The highest BCUT2D eigenvalue weighted by Crippen LogP contribution is 2.66. The SMILES string of the molecule is O=C(OC12CC3CC(OC(=O)c4c(I)ccc(I)c4I)(C1)CC(C(=O)OCC(F)(F)S(=O)(=O)O)(C3)C2)c1cc(I)cc(I)c1I. The molecule has 0 aliphatic heterocycles. The van der Waals surface area contributed by atoms with Crippen molar-refractivity contribution in [1.29, 1.82) is 0 Å². The molecule has 0 amide bonds. The number of carbonyl (C=O) groups excluding carboxylic acids is 3. The van der Waals surface area contributed by atoms with Crippen LogP contribution in [0.4, 0.5) is 8.78 Å². The molecule has 0 heterocycles. The molecule has 0 spiro atoms. The molecule has 4 unspecified atom stereocenters. The lowest BCUT2D eigenvalue weighted by Crippen LogP contribution is -2.67. The van der Waals surface area contributed by atoms with E-state index in [0.29, 0.717) is 34.7 Å². The van der Waals surface area contributed by atoms with Crippen molar-refractivity contribution in [3.8, 4) is 0 Å². The van der Waals surface area contributed by atoms with Crippen LogP contribution in [0.15, 0.2) is 24.3 Å².